The first kappa shape index (κ1) is 9.24. The first-order valence-electron chi connectivity index (χ1n) is 4.55. The zero-order valence-corrected chi connectivity index (χ0v) is 7.27. The Kier molecular flexibility index (Phi) is 2.81. The minimum Gasteiger partial charge on any atom is -0.303 e. The summed E-state index contributed by atoms with van der Waals surface area (Å²) < 4.78 is 44.0. The van der Waals surface area contributed by atoms with E-state index in [0.717, 1.165) is 12.1 Å². The maximum Gasteiger partial charge on any atom is 0.416 e. The molecule has 0 aliphatic carbocycles. The Hall–Kier alpha value is -1.32. The van der Waals surface area contributed by atoms with E-state index in [9.17, 15) is 18.0 Å². The molecule has 0 amide bonds. The molecule has 0 N–H and O–H groups in total. The van der Waals surface area contributed by atoms with Crippen molar-refractivity contribution in [2.45, 2.75) is 19.0 Å². The monoisotopic (exact) mass is 203 g/mol. The van der Waals surface area contributed by atoms with E-state index in [1.165, 1.54) is 6.07 Å². The molecule has 0 unspecified atom stereocenters. The Labute approximate surface area is 81.0 Å². The highest BCUT2D eigenvalue weighted by atomic mass is 19.4. The second-order valence-electron chi connectivity index (χ2n) is 2.81. The minimum atomic E-state index is -4.42. The lowest BCUT2D eigenvalue weighted by molar-refractivity contribution is -0.137. The molecule has 1 aromatic rings. The quantitative estimate of drug-likeness (QED) is 0.690. The van der Waals surface area contributed by atoms with Gasteiger partial charge in [-0.1, -0.05) is 12.1 Å². The minimum absolute atomic E-state index is 0.174. The Morgan fingerprint density at radius 2 is 2.07 bits per heavy atom. The predicted molar refractivity (Wildman–Crippen MR) is 45.8 cm³/mol. The Balaban J connectivity index is 2.93. The van der Waals surface area contributed by atoms with Gasteiger partial charge in [0.05, 0.1) is 6.93 Å². The number of halogens is 3. The number of alkyl halides is 3. The van der Waals surface area contributed by atoms with E-state index in [1.54, 1.807) is 0 Å². The number of aldehydes is 1. The van der Waals surface area contributed by atoms with Crippen LogP contribution in [0.3, 0.4) is 0 Å². The summed E-state index contributed by atoms with van der Waals surface area (Å²) in [4.78, 5) is 10.1. The van der Waals surface area contributed by atoms with Crippen molar-refractivity contribution in [1.82, 2.24) is 0 Å². The molecule has 0 radical (unpaired) electrons. The van der Waals surface area contributed by atoms with Crippen molar-refractivity contribution in [1.29, 1.82) is 0 Å². The normalized spacial score (nSPS) is 12.4. The molecular weight excluding hydrogens is 193 g/mol. The van der Waals surface area contributed by atoms with Crippen molar-refractivity contribution in [3.8, 4) is 0 Å². The van der Waals surface area contributed by atoms with Crippen molar-refractivity contribution in [2.75, 3.05) is 0 Å². The number of carbonyl (C=O) groups excluding carboxylic acids is 1. The van der Waals surface area contributed by atoms with E-state index in [0.29, 0.717) is 18.3 Å². The SMILES string of the molecule is [2H]c1cc(C(F)(F)F)ccc1CCC=O. The molecule has 4 heteroatoms. The van der Waals surface area contributed by atoms with Gasteiger partial charge in [-0.05, 0) is 24.1 Å². The number of rotatable bonds is 3. The molecule has 14 heavy (non-hydrogen) atoms. The van der Waals surface area contributed by atoms with Gasteiger partial charge in [-0.25, -0.2) is 0 Å². The maximum atomic E-state index is 12.2. The van der Waals surface area contributed by atoms with Gasteiger partial charge >= 0.3 is 6.18 Å². The molecule has 0 atom stereocenters. The molecule has 0 bridgehead atoms. The van der Waals surface area contributed by atoms with Gasteiger partial charge in [-0.3, -0.25) is 0 Å². The molecule has 1 aromatic carbocycles. The van der Waals surface area contributed by atoms with Gasteiger partial charge in [-0.2, -0.15) is 13.2 Å². The summed E-state index contributed by atoms with van der Waals surface area (Å²) in [6, 6.07) is 2.78. The second kappa shape index (κ2) is 4.26. The van der Waals surface area contributed by atoms with Crippen molar-refractivity contribution < 1.29 is 19.3 Å². The molecule has 76 valence electrons. The lowest BCUT2D eigenvalue weighted by atomic mass is 10.1. The molecule has 0 aliphatic heterocycles. The van der Waals surface area contributed by atoms with Crippen molar-refractivity contribution in [2.24, 2.45) is 0 Å². The van der Waals surface area contributed by atoms with Gasteiger partial charge in [0.15, 0.2) is 0 Å². The third-order valence-corrected chi connectivity index (χ3v) is 1.74. The highest BCUT2D eigenvalue weighted by Gasteiger charge is 2.29. The fraction of sp³-hybridized carbons (Fsp3) is 0.300. The first-order valence-corrected chi connectivity index (χ1v) is 4.05. The van der Waals surface area contributed by atoms with Crippen LogP contribution in [-0.2, 0) is 17.4 Å². The third kappa shape index (κ3) is 2.87. The van der Waals surface area contributed by atoms with Gasteiger partial charge in [0.2, 0.25) is 0 Å². The smallest absolute Gasteiger partial charge is 0.303 e. The number of benzene rings is 1. The van der Waals surface area contributed by atoms with Gasteiger partial charge in [-0.15, -0.1) is 0 Å². The second-order valence-corrected chi connectivity index (χ2v) is 2.81. The molecule has 1 nitrogen and oxygen atoms in total. The van der Waals surface area contributed by atoms with E-state index < -0.39 is 11.7 Å². The van der Waals surface area contributed by atoms with Crippen LogP contribution in [0.2, 0.25) is 0 Å². The fourth-order valence-electron chi connectivity index (χ4n) is 1.00. The lowest BCUT2D eigenvalue weighted by Crippen LogP contribution is -2.04. The topological polar surface area (TPSA) is 17.1 Å². The van der Waals surface area contributed by atoms with Crippen LogP contribution in [0.25, 0.3) is 0 Å². The molecular formula is C10H9F3O. The number of aryl methyl sites for hydroxylation is 1. The van der Waals surface area contributed by atoms with Crippen molar-refractivity contribution in [3.05, 3.63) is 35.4 Å². The molecule has 1 rings (SSSR count). The molecule has 0 saturated heterocycles. The van der Waals surface area contributed by atoms with E-state index in [1.807, 2.05) is 0 Å². The average molecular weight is 203 g/mol. The van der Waals surface area contributed by atoms with Crippen LogP contribution in [0, 0.1) is 0 Å². The molecule has 0 fully saturated rings. The Morgan fingerprint density at radius 1 is 1.36 bits per heavy atom. The molecule has 0 spiro atoms. The summed E-state index contributed by atoms with van der Waals surface area (Å²) in [6.45, 7) is 0. The number of hydrogen-bond donors (Lipinski definition) is 0. The summed E-state index contributed by atoms with van der Waals surface area (Å²) in [5.41, 5.74) is -0.377. The molecule has 0 heterocycles. The highest BCUT2D eigenvalue weighted by molar-refractivity contribution is 5.50. The zero-order valence-electron chi connectivity index (χ0n) is 8.27. The first-order chi connectivity index (χ1) is 6.95. The van der Waals surface area contributed by atoms with Gasteiger partial charge in [0, 0.05) is 6.42 Å². The van der Waals surface area contributed by atoms with Crippen molar-refractivity contribution in [3.63, 3.8) is 0 Å². The average Bonchev–Trinajstić information content (AvgIpc) is 2.14. The van der Waals surface area contributed by atoms with Crippen LogP contribution < -0.4 is 0 Å². The summed E-state index contributed by atoms with van der Waals surface area (Å²) in [7, 11) is 0. The van der Waals surface area contributed by atoms with Crippen LogP contribution in [0.1, 0.15) is 18.9 Å². The molecule has 0 aliphatic rings. The molecule has 0 saturated carbocycles. The Bertz CT molecular complexity index is 360. The summed E-state index contributed by atoms with van der Waals surface area (Å²) >= 11 is 0. The standard InChI is InChI=1S/C10H9F3O/c11-10(12,13)9-5-3-8(4-6-9)2-1-7-14/h3-7H,1-2H2/i3D. The van der Waals surface area contributed by atoms with Gasteiger partial charge < -0.3 is 4.79 Å². The van der Waals surface area contributed by atoms with E-state index >= 15 is 0 Å². The summed E-state index contributed by atoms with van der Waals surface area (Å²) in [5, 5.41) is 0. The maximum absolute atomic E-state index is 12.2. The highest BCUT2D eigenvalue weighted by Crippen LogP contribution is 2.29. The molecule has 0 aromatic heterocycles. The Morgan fingerprint density at radius 3 is 2.57 bits per heavy atom. The van der Waals surface area contributed by atoms with Crippen LogP contribution >= 0.6 is 0 Å². The van der Waals surface area contributed by atoms with Crippen LogP contribution in [0.5, 0.6) is 0 Å². The number of carbonyl (C=O) groups is 1. The van der Waals surface area contributed by atoms with Crippen LogP contribution in [0.4, 0.5) is 13.2 Å². The third-order valence-electron chi connectivity index (χ3n) is 1.74. The fourth-order valence-corrected chi connectivity index (χ4v) is 1.00. The lowest BCUT2D eigenvalue weighted by Gasteiger charge is -2.06. The summed E-state index contributed by atoms with van der Waals surface area (Å²) in [6.07, 6.45) is -3.21. The zero-order chi connectivity index (χ0) is 11.5. The van der Waals surface area contributed by atoms with Crippen LogP contribution in [-0.4, -0.2) is 6.29 Å². The van der Waals surface area contributed by atoms with Gasteiger partial charge in [0.25, 0.3) is 0 Å². The van der Waals surface area contributed by atoms with E-state index in [-0.39, 0.29) is 12.5 Å². The summed E-state index contributed by atoms with van der Waals surface area (Å²) in [5.74, 6) is 0. The van der Waals surface area contributed by atoms with Gasteiger partial charge in [0.1, 0.15) is 6.29 Å². The number of hydrogen-bond acceptors (Lipinski definition) is 1. The van der Waals surface area contributed by atoms with E-state index in [4.69, 9.17) is 1.37 Å². The van der Waals surface area contributed by atoms with E-state index in [2.05, 4.69) is 0 Å². The predicted octanol–water partition coefficient (Wildman–Crippen LogP) is 2.84. The van der Waals surface area contributed by atoms with Crippen LogP contribution in [0.15, 0.2) is 24.2 Å². The van der Waals surface area contributed by atoms with Crippen molar-refractivity contribution >= 4 is 6.29 Å². The largest absolute Gasteiger partial charge is 0.416 e.